The summed E-state index contributed by atoms with van der Waals surface area (Å²) in [6.45, 7) is 11.6. The molecule has 7 nitrogen and oxygen atoms in total. The van der Waals surface area contributed by atoms with Crippen LogP contribution in [0.5, 0.6) is 0 Å². The predicted molar refractivity (Wildman–Crippen MR) is 108 cm³/mol. The van der Waals surface area contributed by atoms with Crippen molar-refractivity contribution in [3.05, 3.63) is 24.3 Å². The molecular formula is C20H31N5O2. The van der Waals surface area contributed by atoms with Crippen LogP contribution in [0.1, 0.15) is 20.3 Å². The fourth-order valence-corrected chi connectivity index (χ4v) is 3.73. The summed E-state index contributed by atoms with van der Waals surface area (Å²) in [7, 11) is 0. The molecule has 0 radical (unpaired) electrons. The quantitative estimate of drug-likeness (QED) is 0.876. The van der Waals surface area contributed by atoms with Crippen LogP contribution in [0.2, 0.25) is 0 Å². The molecule has 0 unspecified atom stereocenters. The lowest BCUT2D eigenvalue weighted by atomic mass is 10.2. The number of urea groups is 1. The molecule has 3 amide bonds. The van der Waals surface area contributed by atoms with E-state index in [0.717, 1.165) is 57.1 Å². The van der Waals surface area contributed by atoms with Gasteiger partial charge in [-0.2, -0.15) is 0 Å². The molecule has 2 heterocycles. The molecule has 2 saturated heterocycles. The number of hydrogen-bond acceptors (Lipinski definition) is 4. The van der Waals surface area contributed by atoms with Crippen molar-refractivity contribution in [1.82, 2.24) is 14.7 Å². The van der Waals surface area contributed by atoms with E-state index in [1.54, 1.807) is 4.90 Å². The van der Waals surface area contributed by atoms with Crippen molar-refractivity contribution in [1.29, 1.82) is 0 Å². The number of hydrogen-bond donors (Lipinski definition) is 1. The minimum atomic E-state index is -0.200. The second-order valence-corrected chi connectivity index (χ2v) is 7.15. The molecule has 2 aliphatic rings. The van der Waals surface area contributed by atoms with Gasteiger partial charge in [0.05, 0.1) is 0 Å². The van der Waals surface area contributed by atoms with E-state index < -0.39 is 0 Å². The van der Waals surface area contributed by atoms with Gasteiger partial charge in [-0.3, -0.25) is 4.79 Å². The smallest absolute Gasteiger partial charge is 0.322 e. The van der Waals surface area contributed by atoms with Crippen molar-refractivity contribution >= 4 is 23.3 Å². The Kier molecular flexibility index (Phi) is 6.55. The number of carbonyl (C=O) groups excluding carboxylic acids is 2. The highest BCUT2D eigenvalue weighted by atomic mass is 16.2. The van der Waals surface area contributed by atoms with E-state index in [4.69, 9.17) is 0 Å². The molecule has 1 aromatic rings. The van der Waals surface area contributed by atoms with E-state index in [-0.39, 0.29) is 18.5 Å². The molecule has 1 aromatic carbocycles. The van der Waals surface area contributed by atoms with Crippen molar-refractivity contribution < 1.29 is 9.59 Å². The Morgan fingerprint density at radius 2 is 1.81 bits per heavy atom. The molecule has 148 valence electrons. The van der Waals surface area contributed by atoms with Crippen molar-refractivity contribution in [3.63, 3.8) is 0 Å². The molecule has 2 aliphatic heterocycles. The van der Waals surface area contributed by atoms with Gasteiger partial charge in [-0.05, 0) is 38.1 Å². The van der Waals surface area contributed by atoms with Crippen LogP contribution >= 0.6 is 0 Å². The number of benzene rings is 1. The third kappa shape index (κ3) is 4.91. The first kappa shape index (κ1) is 19.5. The maximum Gasteiger partial charge on any atom is 0.322 e. The highest BCUT2D eigenvalue weighted by molar-refractivity contribution is 5.93. The van der Waals surface area contributed by atoms with Crippen molar-refractivity contribution in [2.24, 2.45) is 0 Å². The summed E-state index contributed by atoms with van der Waals surface area (Å²) in [4.78, 5) is 33.1. The zero-order valence-corrected chi connectivity index (χ0v) is 16.5. The zero-order valence-electron chi connectivity index (χ0n) is 16.5. The lowest BCUT2D eigenvalue weighted by molar-refractivity contribution is -0.130. The third-order valence-corrected chi connectivity index (χ3v) is 5.49. The summed E-state index contributed by atoms with van der Waals surface area (Å²) >= 11 is 0. The number of likely N-dealkylation sites (N-methyl/N-ethyl adjacent to an activating group) is 2. The molecule has 0 spiro atoms. The Morgan fingerprint density at radius 1 is 1.04 bits per heavy atom. The van der Waals surface area contributed by atoms with Gasteiger partial charge in [0, 0.05) is 57.2 Å². The molecular weight excluding hydrogens is 342 g/mol. The van der Waals surface area contributed by atoms with Gasteiger partial charge >= 0.3 is 6.03 Å². The Morgan fingerprint density at radius 3 is 2.52 bits per heavy atom. The Labute approximate surface area is 161 Å². The van der Waals surface area contributed by atoms with Gasteiger partial charge in [0.25, 0.3) is 0 Å². The second kappa shape index (κ2) is 9.08. The lowest BCUT2D eigenvalue weighted by Gasteiger charge is -2.35. The van der Waals surface area contributed by atoms with Crippen LogP contribution in [0.15, 0.2) is 24.3 Å². The van der Waals surface area contributed by atoms with Gasteiger partial charge in [0.15, 0.2) is 0 Å². The number of carbonyl (C=O) groups is 2. The first-order valence-corrected chi connectivity index (χ1v) is 10.0. The average Bonchev–Trinajstić information content (AvgIpc) is 2.89. The molecule has 1 N–H and O–H groups in total. The number of nitrogens with one attached hydrogen (secondary N) is 1. The summed E-state index contributed by atoms with van der Waals surface area (Å²) in [6.07, 6.45) is 0.814. The molecule has 0 atom stereocenters. The normalized spacial score (nSPS) is 19.2. The molecule has 0 bridgehead atoms. The molecule has 0 aliphatic carbocycles. The minimum absolute atomic E-state index is 0.0210. The van der Waals surface area contributed by atoms with Crippen molar-refractivity contribution in [3.8, 4) is 0 Å². The Hall–Kier alpha value is -2.28. The second-order valence-electron chi connectivity index (χ2n) is 7.15. The fraction of sp³-hybridized carbons (Fsp3) is 0.600. The molecule has 7 heteroatoms. The topological polar surface area (TPSA) is 59.1 Å². The van der Waals surface area contributed by atoms with E-state index in [1.165, 1.54) is 0 Å². The van der Waals surface area contributed by atoms with Crippen LogP contribution in [-0.2, 0) is 4.79 Å². The van der Waals surface area contributed by atoms with Gasteiger partial charge in [0.2, 0.25) is 5.91 Å². The summed E-state index contributed by atoms with van der Waals surface area (Å²) in [6, 6.07) is 7.79. The fourth-order valence-electron chi connectivity index (χ4n) is 3.73. The molecule has 0 saturated carbocycles. The van der Waals surface area contributed by atoms with Gasteiger partial charge < -0.3 is 24.9 Å². The number of piperazine rings is 1. The van der Waals surface area contributed by atoms with E-state index in [2.05, 4.69) is 28.1 Å². The molecule has 27 heavy (non-hydrogen) atoms. The number of nitrogens with zero attached hydrogens (tertiary/aromatic N) is 4. The van der Waals surface area contributed by atoms with Crippen LogP contribution in [-0.4, -0.2) is 85.5 Å². The first-order valence-electron chi connectivity index (χ1n) is 10.0. The lowest BCUT2D eigenvalue weighted by Crippen LogP contribution is -2.46. The summed E-state index contributed by atoms with van der Waals surface area (Å²) in [5, 5.41) is 2.97. The summed E-state index contributed by atoms with van der Waals surface area (Å²) in [5.41, 5.74) is 1.91. The van der Waals surface area contributed by atoms with Gasteiger partial charge in [0.1, 0.15) is 6.54 Å². The van der Waals surface area contributed by atoms with Crippen LogP contribution in [0.25, 0.3) is 0 Å². The zero-order chi connectivity index (χ0) is 19.2. The molecule has 3 rings (SSSR count). The summed E-state index contributed by atoms with van der Waals surface area (Å²) in [5.74, 6) is 0.0210. The first-order chi connectivity index (χ1) is 13.1. The van der Waals surface area contributed by atoms with Crippen LogP contribution in [0, 0.1) is 0 Å². The molecule has 2 fully saturated rings. The summed E-state index contributed by atoms with van der Waals surface area (Å²) < 4.78 is 0. The standard InChI is InChI=1S/C20H31N5O2/c1-3-22-11-13-24(14-12-22)18-8-5-7-17(15-18)21-20(27)25-10-6-9-23(4-2)19(26)16-25/h5,7-8,15H,3-4,6,9-14,16H2,1-2H3,(H,21,27). The highest BCUT2D eigenvalue weighted by Crippen LogP contribution is 2.21. The monoisotopic (exact) mass is 373 g/mol. The molecule has 0 aromatic heterocycles. The number of anilines is 2. The maximum absolute atomic E-state index is 12.7. The number of rotatable bonds is 4. The van der Waals surface area contributed by atoms with Gasteiger partial charge in [-0.25, -0.2) is 4.79 Å². The van der Waals surface area contributed by atoms with Gasteiger partial charge in [-0.15, -0.1) is 0 Å². The Bertz CT molecular complexity index is 658. The van der Waals surface area contributed by atoms with Crippen LogP contribution in [0.4, 0.5) is 16.2 Å². The van der Waals surface area contributed by atoms with Gasteiger partial charge in [-0.1, -0.05) is 13.0 Å². The van der Waals surface area contributed by atoms with Crippen molar-refractivity contribution in [2.75, 3.05) is 69.1 Å². The SMILES string of the molecule is CCN1CCN(c2cccc(NC(=O)N3CCCN(CC)C(=O)C3)c2)CC1. The van der Waals surface area contributed by atoms with E-state index in [1.807, 2.05) is 30.0 Å². The van der Waals surface area contributed by atoms with Crippen LogP contribution < -0.4 is 10.2 Å². The third-order valence-electron chi connectivity index (χ3n) is 5.49. The van der Waals surface area contributed by atoms with Crippen LogP contribution in [0.3, 0.4) is 0 Å². The highest BCUT2D eigenvalue weighted by Gasteiger charge is 2.24. The van der Waals surface area contributed by atoms with E-state index in [0.29, 0.717) is 13.1 Å². The largest absolute Gasteiger partial charge is 0.369 e. The predicted octanol–water partition coefficient (Wildman–Crippen LogP) is 1.91. The minimum Gasteiger partial charge on any atom is -0.369 e. The Balaban J connectivity index is 1.60. The van der Waals surface area contributed by atoms with E-state index >= 15 is 0 Å². The van der Waals surface area contributed by atoms with Crippen molar-refractivity contribution in [2.45, 2.75) is 20.3 Å². The number of amides is 3. The van der Waals surface area contributed by atoms with E-state index in [9.17, 15) is 9.59 Å². The maximum atomic E-state index is 12.7. The average molecular weight is 374 g/mol.